The van der Waals surface area contributed by atoms with Gasteiger partial charge in [-0.25, -0.2) is 8.42 Å². The van der Waals surface area contributed by atoms with Gasteiger partial charge in [-0.1, -0.05) is 13.8 Å². The molecule has 1 aromatic carbocycles. The van der Waals surface area contributed by atoms with E-state index < -0.39 is 14.9 Å². The summed E-state index contributed by atoms with van der Waals surface area (Å²) >= 11 is 0. The van der Waals surface area contributed by atoms with Crippen LogP contribution in [0.1, 0.15) is 33.1 Å². The Morgan fingerprint density at radius 1 is 1.12 bits per heavy atom. The molecule has 1 aromatic rings. The minimum atomic E-state index is -3.65. The van der Waals surface area contributed by atoms with E-state index in [1.54, 1.807) is 6.07 Å². The number of piperidine rings is 1. The third-order valence-corrected chi connectivity index (χ3v) is 6.95. The molecule has 2 heterocycles. The van der Waals surface area contributed by atoms with Crippen LogP contribution < -0.4 is 4.90 Å². The standard InChI is InChI=1S/C17H25N3O4S/c1-13-9-14(2)12-18(11-13)16-6-5-15(10-17(16)20(21)22)25(23,24)19-7-3-4-8-19/h5-6,10,13-14H,3-4,7-9,11-12H2,1-2H3. The molecular formula is C17H25N3O4S. The Hall–Kier alpha value is -1.67. The van der Waals surface area contributed by atoms with Crippen molar-refractivity contribution in [2.24, 2.45) is 11.8 Å². The van der Waals surface area contributed by atoms with Crippen LogP contribution in [-0.4, -0.2) is 43.8 Å². The molecule has 8 heteroatoms. The molecule has 2 aliphatic heterocycles. The first-order valence-electron chi connectivity index (χ1n) is 8.82. The fourth-order valence-corrected chi connectivity index (χ4v) is 5.55. The number of anilines is 1. The Balaban J connectivity index is 1.97. The van der Waals surface area contributed by atoms with Crippen molar-refractivity contribution in [2.45, 2.75) is 38.0 Å². The summed E-state index contributed by atoms with van der Waals surface area (Å²) in [5, 5.41) is 11.6. The molecule has 0 bridgehead atoms. The van der Waals surface area contributed by atoms with Crippen LogP contribution >= 0.6 is 0 Å². The van der Waals surface area contributed by atoms with Crippen molar-refractivity contribution in [1.82, 2.24) is 4.31 Å². The summed E-state index contributed by atoms with van der Waals surface area (Å²) in [6, 6.07) is 4.35. The molecule has 2 unspecified atom stereocenters. The molecule has 0 saturated carbocycles. The molecule has 2 fully saturated rings. The van der Waals surface area contributed by atoms with Crippen LogP contribution in [0.2, 0.25) is 0 Å². The minimum Gasteiger partial charge on any atom is -0.365 e. The Kier molecular flexibility index (Phi) is 5.02. The zero-order chi connectivity index (χ0) is 18.2. The smallest absolute Gasteiger partial charge is 0.293 e. The van der Waals surface area contributed by atoms with Crippen LogP contribution in [0.3, 0.4) is 0 Å². The first-order chi connectivity index (χ1) is 11.8. The van der Waals surface area contributed by atoms with E-state index in [2.05, 4.69) is 13.8 Å². The first kappa shape index (κ1) is 18.1. The highest BCUT2D eigenvalue weighted by atomic mass is 32.2. The molecule has 2 saturated heterocycles. The summed E-state index contributed by atoms with van der Waals surface area (Å²) in [6.07, 6.45) is 2.78. The van der Waals surface area contributed by atoms with E-state index in [4.69, 9.17) is 0 Å². The van der Waals surface area contributed by atoms with E-state index in [1.165, 1.54) is 16.4 Å². The minimum absolute atomic E-state index is 0.0166. The van der Waals surface area contributed by atoms with Gasteiger partial charge >= 0.3 is 0 Å². The fourth-order valence-electron chi connectivity index (χ4n) is 4.01. The van der Waals surface area contributed by atoms with Crippen LogP contribution in [0.5, 0.6) is 0 Å². The van der Waals surface area contributed by atoms with E-state index in [0.717, 1.165) is 32.4 Å². The lowest BCUT2D eigenvalue weighted by molar-refractivity contribution is -0.384. The zero-order valence-corrected chi connectivity index (χ0v) is 15.5. The Bertz CT molecular complexity index is 749. The van der Waals surface area contributed by atoms with Gasteiger partial charge in [0, 0.05) is 32.2 Å². The van der Waals surface area contributed by atoms with E-state index in [1.807, 2.05) is 4.90 Å². The predicted octanol–water partition coefficient (Wildman–Crippen LogP) is 2.86. The maximum Gasteiger partial charge on any atom is 0.293 e. The molecule has 3 rings (SSSR count). The summed E-state index contributed by atoms with van der Waals surface area (Å²) in [6.45, 7) is 6.76. The average Bonchev–Trinajstić information content (AvgIpc) is 3.08. The van der Waals surface area contributed by atoms with Crippen molar-refractivity contribution in [1.29, 1.82) is 0 Å². The number of sulfonamides is 1. The highest BCUT2D eigenvalue weighted by molar-refractivity contribution is 7.89. The lowest BCUT2D eigenvalue weighted by Crippen LogP contribution is -2.39. The van der Waals surface area contributed by atoms with Crippen LogP contribution in [0, 0.1) is 22.0 Å². The van der Waals surface area contributed by atoms with Gasteiger partial charge in [0.2, 0.25) is 10.0 Å². The monoisotopic (exact) mass is 367 g/mol. The van der Waals surface area contributed by atoms with Gasteiger partial charge in [-0.2, -0.15) is 4.31 Å². The Morgan fingerprint density at radius 2 is 1.72 bits per heavy atom. The van der Waals surface area contributed by atoms with Crippen LogP contribution in [0.4, 0.5) is 11.4 Å². The lowest BCUT2D eigenvalue weighted by Gasteiger charge is -2.36. The van der Waals surface area contributed by atoms with Gasteiger partial charge in [0.05, 0.1) is 9.82 Å². The van der Waals surface area contributed by atoms with Crippen LogP contribution in [0.15, 0.2) is 23.1 Å². The van der Waals surface area contributed by atoms with Crippen LogP contribution in [0.25, 0.3) is 0 Å². The number of benzene rings is 1. The van der Waals surface area contributed by atoms with Crippen molar-refractivity contribution < 1.29 is 13.3 Å². The Morgan fingerprint density at radius 3 is 2.28 bits per heavy atom. The topological polar surface area (TPSA) is 83.8 Å². The third-order valence-electron chi connectivity index (χ3n) is 5.06. The number of nitrogens with zero attached hydrogens (tertiary/aromatic N) is 3. The second kappa shape index (κ2) is 6.92. The van der Waals surface area contributed by atoms with Gasteiger partial charge in [-0.15, -0.1) is 0 Å². The van der Waals surface area contributed by atoms with Crippen molar-refractivity contribution in [2.75, 3.05) is 31.1 Å². The fraction of sp³-hybridized carbons (Fsp3) is 0.647. The SMILES string of the molecule is CC1CC(C)CN(c2ccc(S(=O)(=O)N3CCCC3)cc2[N+](=O)[O-])C1. The average molecular weight is 367 g/mol. The number of hydrogen-bond donors (Lipinski definition) is 0. The van der Waals surface area contributed by atoms with Gasteiger partial charge in [0.25, 0.3) is 5.69 Å². The lowest BCUT2D eigenvalue weighted by atomic mass is 9.91. The zero-order valence-electron chi connectivity index (χ0n) is 14.7. The Labute approximate surface area is 148 Å². The van der Waals surface area contributed by atoms with E-state index in [0.29, 0.717) is 30.6 Å². The molecule has 2 aliphatic rings. The summed E-state index contributed by atoms with van der Waals surface area (Å²) < 4.78 is 26.8. The predicted molar refractivity (Wildman–Crippen MR) is 96.2 cm³/mol. The molecule has 0 radical (unpaired) electrons. The first-order valence-corrected chi connectivity index (χ1v) is 10.3. The van der Waals surface area contributed by atoms with Crippen molar-refractivity contribution in [3.8, 4) is 0 Å². The maximum atomic E-state index is 12.7. The van der Waals surface area contributed by atoms with Crippen LogP contribution in [-0.2, 0) is 10.0 Å². The molecule has 0 aliphatic carbocycles. The van der Waals surface area contributed by atoms with E-state index in [-0.39, 0.29) is 10.6 Å². The quantitative estimate of drug-likeness (QED) is 0.603. The molecule has 0 N–H and O–H groups in total. The second-order valence-electron chi connectivity index (χ2n) is 7.37. The normalized spacial score (nSPS) is 25.3. The van der Waals surface area contributed by atoms with E-state index >= 15 is 0 Å². The van der Waals surface area contributed by atoms with Crippen molar-refractivity contribution in [3.05, 3.63) is 28.3 Å². The third kappa shape index (κ3) is 3.64. The molecule has 0 spiro atoms. The number of nitro benzene ring substituents is 1. The second-order valence-corrected chi connectivity index (χ2v) is 9.31. The molecule has 2 atom stereocenters. The molecule has 7 nitrogen and oxygen atoms in total. The van der Waals surface area contributed by atoms with E-state index in [9.17, 15) is 18.5 Å². The largest absolute Gasteiger partial charge is 0.365 e. The summed E-state index contributed by atoms with van der Waals surface area (Å²) in [4.78, 5) is 13.2. The number of hydrogen-bond acceptors (Lipinski definition) is 5. The summed E-state index contributed by atoms with van der Waals surface area (Å²) in [5.74, 6) is 0.910. The van der Waals surface area contributed by atoms with Gasteiger partial charge in [0.15, 0.2) is 0 Å². The molecular weight excluding hydrogens is 342 g/mol. The summed E-state index contributed by atoms with van der Waals surface area (Å²) in [7, 11) is -3.65. The highest BCUT2D eigenvalue weighted by Crippen LogP contribution is 2.35. The van der Waals surface area contributed by atoms with Gasteiger partial charge < -0.3 is 4.90 Å². The highest BCUT2D eigenvalue weighted by Gasteiger charge is 2.32. The van der Waals surface area contributed by atoms with Gasteiger partial charge in [0.1, 0.15) is 5.69 Å². The van der Waals surface area contributed by atoms with Gasteiger partial charge in [-0.05, 0) is 43.2 Å². The van der Waals surface area contributed by atoms with Crippen molar-refractivity contribution in [3.63, 3.8) is 0 Å². The number of rotatable bonds is 4. The van der Waals surface area contributed by atoms with Crippen molar-refractivity contribution >= 4 is 21.4 Å². The molecule has 0 amide bonds. The maximum absolute atomic E-state index is 12.7. The molecule has 0 aromatic heterocycles. The molecule has 25 heavy (non-hydrogen) atoms. The molecule has 138 valence electrons. The summed E-state index contributed by atoms with van der Waals surface area (Å²) in [5.41, 5.74) is 0.394. The van der Waals surface area contributed by atoms with Gasteiger partial charge in [-0.3, -0.25) is 10.1 Å². The number of nitro groups is 1.